The molecule has 1 aliphatic heterocycles. The lowest BCUT2D eigenvalue weighted by Crippen LogP contribution is -2.52. The Bertz CT molecular complexity index is 1300. The van der Waals surface area contributed by atoms with Gasteiger partial charge in [0.25, 0.3) is 0 Å². The number of nitrogens with zero attached hydrogens (tertiary/aromatic N) is 1. The normalized spacial score (nSPS) is 22.0. The van der Waals surface area contributed by atoms with Crippen LogP contribution < -0.4 is 24.8 Å². The predicted molar refractivity (Wildman–Crippen MR) is 144 cm³/mol. The van der Waals surface area contributed by atoms with E-state index in [4.69, 9.17) is 24.1 Å². The van der Waals surface area contributed by atoms with Crippen molar-refractivity contribution in [2.45, 2.75) is 55.5 Å². The van der Waals surface area contributed by atoms with Gasteiger partial charge in [-0.15, -0.1) is 0 Å². The summed E-state index contributed by atoms with van der Waals surface area (Å²) in [6, 6.07) is 9.11. The van der Waals surface area contributed by atoms with Crippen molar-refractivity contribution in [2.24, 2.45) is 0 Å². The van der Waals surface area contributed by atoms with E-state index in [0.717, 1.165) is 38.3 Å². The molecule has 3 N–H and O–H groups in total. The van der Waals surface area contributed by atoms with Crippen LogP contribution in [-0.4, -0.2) is 75.2 Å². The number of methoxy groups -OCH3 is 3. The molecule has 1 heterocycles. The molecule has 0 radical (unpaired) electrons. The van der Waals surface area contributed by atoms with E-state index in [-0.39, 0.29) is 28.9 Å². The molecule has 2 aromatic rings. The molecule has 1 saturated heterocycles. The molecule has 43 heavy (non-hydrogen) atoms. The van der Waals surface area contributed by atoms with Crippen molar-refractivity contribution in [3.63, 3.8) is 0 Å². The summed E-state index contributed by atoms with van der Waals surface area (Å²) >= 11 is 0. The SMILES string of the molecule is COc1ccc([C@@]23CC[C@@H](NC(=O)Nc4ccc(OC)c(C(F)(F)F)c4)C[C@@H]2N(C)CC3)cc1OC.O=C(O)C(F)(F)F. The zero-order valence-electron chi connectivity index (χ0n) is 23.9. The van der Waals surface area contributed by atoms with Gasteiger partial charge in [-0.05, 0) is 75.2 Å². The van der Waals surface area contributed by atoms with Gasteiger partial charge in [0, 0.05) is 23.2 Å². The number of halogens is 6. The fraction of sp³-hybridized carbons (Fsp3) is 0.500. The van der Waals surface area contributed by atoms with Crippen molar-refractivity contribution >= 4 is 17.7 Å². The van der Waals surface area contributed by atoms with E-state index in [0.29, 0.717) is 11.5 Å². The van der Waals surface area contributed by atoms with Gasteiger partial charge in [-0.2, -0.15) is 26.3 Å². The standard InChI is InChI=1S/C26H32F3N3O4.C2HF3O2/c1-32-12-11-25(16-5-7-21(35-3)22(13-16)36-4)10-9-18(15-23(25)32)31-24(33)30-17-6-8-20(34-2)19(14-17)26(27,28)29;3-2(4,5)1(6)7/h5-8,13-14,18,23H,9-12,15H2,1-4H3,(H2,30,31,33);(H,6,7)/t18-,23+,25+;/m1./s1. The predicted octanol–water partition coefficient (Wildman–Crippen LogP) is 5.68. The van der Waals surface area contributed by atoms with E-state index in [1.807, 2.05) is 12.1 Å². The summed E-state index contributed by atoms with van der Waals surface area (Å²) in [6.07, 6.45) is -6.33. The number of fused-ring (bicyclic) bond motifs is 1. The number of alkyl halides is 6. The Hall–Kier alpha value is -3.88. The number of benzene rings is 2. The Balaban J connectivity index is 0.000000646. The van der Waals surface area contributed by atoms with Crippen molar-refractivity contribution in [3.05, 3.63) is 47.5 Å². The van der Waals surface area contributed by atoms with E-state index in [2.05, 4.69) is 28.6 Å². The maximum atomic E-state index is 13.3. The number of rotatable bonds is 6. The van der Waals surface area contributed by atoms with Gasteiger partial charge in [0.2, 0.25) is 0 Å². The lowest BCUT2D eigenvalue weighted by Gasteiger charge is -2.45. The first-order chi connectivity index (χ1) is 20.0. The molecule has 1 saturated carbocycles. The molecular weight excluding hydrogens is 588 g/mol. The van der Waals surface area contributed by atoms with Crippen LogP contribution in [0.15, 0.2) is 36.4 Å². The number of anilines is 1. The number of urea groups is 1. The van der Waals surface area contributed by atoms with Crippen molar-refractivity contribution in [1.82, 2.24) is 10.2 Å². The topological polar surface area (TPSA) is 109 Å². The number of hydrogen-bond donors (Lipinski definition) is 3. The molecule has 238 valence electrons. The molecular formula is C28H33F6N3O6. The van der Waals surface area contributed by atoms with Crippen molar-refractivity contribution in [1.29, 1.82) is 0 Å². The molecule has 2 aliphatic rings. The van der Waals surface area contributed by atoms with E-state index >= 15 is 0 Å². The highest BCUT2D eigenvalue weighted by molar-refractivity contribution is 5.89. The molecule has 0 unspecified atom stereocenters. The second-order valence-electron chi connectivity index (χ2n) is 10.3. The van der Waals surface area contributed by atoms with Gasteiger partial charge < -0.3 is 34.9 Å². The molecule has 15 heteroatoms. The van der Waals surface area contributed by atoms with Gasteiger partial charge in [-0.3, -0.25) is 0 Å². The minimum atomic E-state index is -5.08. The lowest BCUT2D eigenvalue weighted by atomic mass is 9.65. The molecule has 2 amide bonds. The maximum Gasteiger partial charge on any atom is 0.490 e. The summed E-state index contributed by atoms with van der Waals surface area (Å²) in [5, 5.41) is 12.6. The highest BCUT2D eigenvalue weighted by Gasteiger charge is 2.50. The van der Waals surface area contributed by atoms with Gasteiger partial charge >= 0.3 is 24.4 Å². The van der Waals surface area contributed by atoms with Crippen LogP contribution in [0.3, 0.4) is 0 Å². The van der Waals surface area contributed by atoms with Gasteiger partial charge in [0.1, 0.15) is 5.75 Å². The molecule has 3 atom stereocenters. The fourth-order valence-electron chi connectivity index (χ4n) is 5.75. The second kappa shape index (κ2) is 13.2. The number of nitrogens with one attached hydrogen (secondary N) is 2. The molecule has 2 aromatic carbocycles. The van der Waals surface area contributed by atoms with Gasteiger partial charge in [-0.25, -0.2) is 9.59 Å². The molecule has 9 nitrogen and oxygen atoms in total. The first kappa shape index (κ1) is 33.6. The number of likely N-dealkylation sites (tertiary alicyclic amines) is 1. The number of aliphatic carboxylic acids is 1. The number of carboxylic acid groups (broad SMARTS) is 1. The second-order valence-corrected chi connectivity index (χ2v) is 10.3. The van der Waals surface area contributed by atoms with E-state index in [1.165, 1.54) is 24.8 Å². The maximum absolute atomic E-state index is 13.3. The lowest BCUT2D eigenvalue weighted by molar-refractivity contribution is -0.192. The Kier molecular flexibility index (Phi) is 10.3. The average Bonchev–Trinajstić information content (AvgIpc) is 3.28. The third-order valence-corrected chi connectivity index (χ3v) is 7.83. The molecule has 2 fully saturated rings. The summed E-state index contributed by atoms with van der Waals surface area (Å²) in [6.45, 7) is 0.935. The zero-order chi connectivity index (χ0) is 32.2. The van der Waals surface area contributed by atoms with Gasteiger partial charge in [0.05, 0.1) is 26.9 Å². The highest BCUT2D eigenvalue weighted by atomic mass is 19.4. The smallest absolute Gasteiger partial charge is 0.490 e. The van der Waals surface area contributed by atoms with Crippen molar-refractivity contribution < 1.29 is 55.2 Å². The quantitative estimate of drug-likeness (QED) is 0.356. The van der Waals surface area contributed by atoms with Gasteiger partial charge in [-0.1, -0.05) is 6.07 Å². The number of likely N-dealkylation sites (N-methyl/N-ethyl adjacent to an activating group) is 1. The summed E-state index contributed by atoms with van der Waals surface area (Å²) in [5.74, 6) is -1.68. The van der Waals surface area contributed by atoms with Crippen LogP contribution in [0, 0.1) is 0 Å². The molecule has 1 aliphatic carbocycles. The first-order valence-corrected chi connectivity index (χ1v) is 13.1. The van der Waals surface area contributed by atoms with Crippen LogP contribution >= 0.6 is 0 Å². The van der Waals surface area contributed by atoms with E-state index in [1.54, 1.807) is 14.2 Å². The summed E-state index contributed by atoms with van der Waals surface area (Å²) in [4.78, 5) is 23.9. The monoisotopic (exact) mass is 621 g/mol. The third kappa shape index (κ3) is 7.75. The van der Waals surface area contributed by atoms with Crippen LogP contribution in [0.1, 0.15) is 36.8 Å². The molecule has 4 rings (SSSR count). The number of hydrogen-bond acceptors (Lipinski definition) is 6. The molecule has 0 spiro atoms. The molecule has 0 aromatic heterocycles. The summed E-state index contributed by atoms with van der Waals surface area (Å²) < 4.78 is 87.5. The van der Waals surface area contributed by atoms with Gasteiger partial charge in [0.15, 0.2) is 11.5 Å². The third-order valence-electron chi connectivity index (χ3n) is 7.83. The van der Waals surface area contributed by atoms with Crippen LogP contribution in [0.2, 0.25) is 0 Å². The summed E-state index contributed by atoms with van der Waals surface area (Å²) in [5.41, 5.74) is 0.234. The van der Waals surface area contributed by atoms with Crippen LogP contribution in [-0.2, 0) is 16.4 Å². The van der Waals surface area contributed by atoms with Crippen molar-refractivity contribution in [3.8, 4) is 17.2 Å². The molecule has 0 bridgehead atoms. The Morgan fingerprint density at radius 1 is 0.930 bits per heavy atom. The van der Waals surface area contributed by atoms with E-state index in [9.17, 15) is 31.1 Å². The van der Waals surface area contributed by atoms with Crippen LogP contribution in [0.5, 0.6) is 17.2 Å². The fourth-order valence-corrected chi connectivity index (χ4v) is 5.75. The summed E-state index contributed by atoms with van der Waals surface area (Å²) in [7, 11) is 6.50. The van der Waals surface area contributed by atoms with Crippen LogP contribution in [0.4, 0.5) is 36.8 Å². The minimum absolute atomic E-state index is 0.0501. The highest BCUT2D eigenvalue weighted by Crippen LogP contribution is 2.50. The number of carbonyl (C=O) groups excluding carboxylic acids is 1. The van der Waals surface area contributed by atoms with Crippen molar-refractivity contribution in [2.75, 3.05) is 40.2 Å². The average molecular weight is 622 g/mol. The van der Waals surface area contributed by atoms with Crippen LogP contribution in [0.25, 0.3) is 0 Å². The minimum Gasteiger partial charge on any atom is -0.496 e. The number of carbonyl (C=O) groups is 2. The number of amides is 2. The Labute approximate surface area is 244 Å². The Morgan fingerprint density at radius 3 is 2.09 bits per heavy atom. The van der Waals surface area contributed by atoms with E-state index < -0.39 is 29.9 Å². The Morgan fingerprint density at radius 2 is 1.53 bits per heavy atom. The first-order valence-electron chi connectivity index (χ1n) is 13.1. The number of ether oxygens (including phenoxy) is 3. The largest absolute Gasteiger partial charge is 0.496 e. The zero-order valence-corrected chi connectivity index (χ0v) is 23.9. The number of carboxylic acids is 1.